The highest BCUT2D eigenvalue weighted by Crippen LogP contribution is 2.14. The summed E-state index contributed by atoms with van der Waals surface area (Å²) in [6.07, 6.45) is 1.30. The highest BCUT2D eigenvalue weighted by molar-refractivity contribution is 7.16. The van der Waals surface area contributed by atoms with Crippen molar-refractivity contribution in [2.75, 3.05) is 6.16 Å². The monoisotopic (exact) mass is 192 g/mol. The molecule has 0 nitrogen and oxygen atoms in total. The molecule has 0 amide bonds. The molecular weight excluding hydrogens is 178 g/mol. The van der Waals surface area contributed by atoms with E-state index in [1.165, 1.54) is 6.16 Å². The topological polar surface area (TPSA) is 0 Å². The molecule has 0 N–H and O–H groups in total. The normalized spacial score (nSPS) is 12.3. The molecule has 0 fully saturated rings. The van der Waals surface area contributed by atoms with Crippen molar-refractivity contribution in [3.8, 4) is 0 Å². The van der Waals surface area contributed by atoms with Crippen LogP contribution in [0.1, 0.15) is 20.8 Å². The van der Waals surface area contributed by atoms with Crippen LogP contribution in [-0.2, 0) is 0 Å². The van der Waals surface area contributed by atoms with E-state index in [1.54, 1.807) is 0 Å². The summed E-state index contributed by atoms with van der Waals surface area (Å²) in [7, 11) is -3.96. The first kappa shape index (κ1) is 13.8. The van der Waals surface area contributed by atoms with E-state index in [0.717, 1.165) is 0 Å². The summed E-state index contributed by atoms with van der Waals surface area (Å²) in [5.74, 6) is 0. The van der Waals surface area contributed by atoms with Crippen molar-refractivity contribution < 1.29 is 17.3 Å². The van der Waals surface area contributed by atoms with Crippen LogP contribution >= 0.6 is 9.24 Å². The summed E-state index contributed by atoms with van der Waals surface area (Å²) in [6, 6.07) is 0. The molecule has 0 radical (unpaired) electrons. The zero-order chi connectivity index (χ0) is 9.71. The molecule has 0 spiro atoms. The Morgan fingerprint density at radius 1 is 1.09 bits per heavy atom. The third-order valence-electron chi connectivity index (χ3n) is 0.750. The van der Waals surface area contributed by atoms with Crippen molar-refractivity contribution in [2.24, 2.45) is 5.41 Å². The van der Waals surface area contributed by atoms with Crippen LogP contribution in [0.4, 0.5) is 17.3 Å². The van der Waals surface area contributed by atoms with Gasteiger partial charge in [-0.3, -0.25) is 0 Å². The molecule has 0 aromatic rings. The van der Waals surface area contributed by atoms with Gasteiger partial charge in [-0.05, 0) is 14.7 Å². The maximum atomic E-state index is 9.75. The maximum absolute atomic E-state index is 9.75. The van der Waals surface area contributed by atoms with Gasteiger partial charge in [-0.25, -0.2) is 0 Å². The van der Waals surface area contributed by atoms with E-state index >= 15 is 0 Å². The zero-order valence-electron chi connectivity index (χ0n) is 7.00. The second-order valence-corrected chi connectivity index (χ2v) is 3.81. The van der Waals surface area contributed by atoms with Gasteiger partial charge < -0.3 is 17.3 Å². The van der Waals surface area contributed by atoms with Crippen molar-refractivity contribution in [2.45, 2.75) is 20.8 Å². The van der Waals surface area contributed by atoms with E-state index < -0.39 is 7.25 Å². The molecule has 0 aliphatic rings. The van der Waals surface area contributed by atoms with Gasteiger partial charge in [0, 0.05) is 0 Å². The molecule has 6 heteroatoms. The molecule has 0 saturated heterocycles. The van der Waals surface area contributed by atoms with Crippen LogP contribution in [0.3, 0.4) is 0 Å². The van der Waals surface area contributed by atoms with Crippen LogP contribution < -0.4 is 0 Å². The summed E-state index contributed by atoms with van der Waals surface area (Å²) in [5.41, 5.74) is 0.554. The van der Waals surface area contributed by atoms with Crippen molar-refractivity contribution in [3.63, 3.8) is 0 Å². The smallest absolute Gasteiger partial charge is 0.418 e. The average Bonchev–Trinajstić information content (AvgIpc) is 1.59. The Morgan fingerprint density at radius 3 is 1.18 bits per heavy atom. The minimum Gasteiger partial charge on any atom is -0.418 e. The summed E-state index contributed by atoms with van der Waals surface area (Å²) < 4.78 is 39.0. The molecule has 0 aliphatic carbocycles. The number of hydrogen-bond acceptors (Lipinski definition) is 0. The van der Waals surface area contributed by atoms with E-state index in [-0.39, 0.29) is 0 Å². The van der Waals surface area contributed by atoms with Crippen molar-refractivity contribution in [3.05, 3.63) is 0 Å². The summed E-state index contributed by atoms with van der Waals surface area (Å²) in [4.78, 5) is 0. The second kappa shape index (κ2) is 4.97. The molecule has 0 heterocycles. The fourth-order valence-corrected chi connectivity index (χ4v) is 0. The SMILES string of the molecule is CC(C)(C)C[PH3+].F[B-](F)(F)F. The highest BCUT2D eigenvalue weighted by atomic mass is 31.0. The maximum Gasteiger partial charge on any atom is 0.673 e. The Bertz CT molecular complexity index is 89.6. The van der Waals surface area contributed by atoms with Crippen molar-refractivity contribution in [1.29, 1.82) is 0 Å². The van der Waals surface area contributed by atoms with Gasteiger partial charge in [0.25, 0.3) is 0 Å². The summed E-state index contributed by atoms with van der Waals surface area (Å²) >= 11 is 0. The number of rotatable bonds is 0. The molecule has 0 aromatic heterocycles. The second-order valence-electron chi connectivity index (χ2n) is 3.31. The molecule has 0 rings (SSSR count). The van der Waals surface area contributed by atoms with Crippen molar-refractivity contribution >= 4 is 16.5 Å². The van der Waals surface area contributed by atoms with Crippen LogP contribution in [-0.4, -0.2) is 13.4 Å². The van der Waals surface area contributed by atoms with E-state index in [2.05, 4.69) is 20.8 Å². The predicted molar refractivity (Wildman–Crippen MR) is 45.6 cm³/mol. The molecule has 11 heavy (non-hydrogen) atoms. The first-order chi connectivity index (χ1) is 4.56. The minimum absolute atomic E-state index is 0.554. The van der Waals surface area contributed by atoms with Gasteiger partial charge in [-0.15, -0.1) is 0 Å². The Labute approximate surface area is 67.1 Å². The van der Waals surface area contributed by atoms with Crippen LogP contribution in [0.15, 0.2) is 0 Å². The van der Waals surface area contributed by atoms with Gasteiger partial charge in [0.15, 0.2) is 0 Å². The lowest BCUT2D eigenvalue weighted by Crippen LogP contribution is -2.04. The van der Waals surface area contributed by atoms with Gasteiger partial charge in [0.2, 0.25) is 0 Å². The molecule has 0 aliphatic heterocycles. The quantitative estimate of drug-likeness (QED) is 0.314. The summed E-state index contributed by atoms with van der Waals surface area (Å²) in [6.45, 7) is 6.75. The van der Waals surface area contributed by atoms with Gasteiger partial charge in [-0.2, -0.15) is 0 Å². The highest BCUT2D eigenvalue weighted by Gasteiger charge is 2.20. The van der Waals surface area contributed by atoms with Crippen LogP contribution in [0.25, 0.3) is 0 Å². The van der Waals surface area contributed by atoms with E-state index in [1.807, 2.05) is 9.24 Å². The standard InChI is InChI=1S/C5H13P.BF4/c1-5(2,3)4-6;2-1(3,4)5/h4,6H2,1-3H3;/q;-1/p+1. The lowest BCUT2D eigenvalue weighted by atomic mass is 10.0. The largest absolute Gasteiger partial charge is 0.673 e. The molecule has 0 bridgehead atoms. The molecule has 0 saturated carbocycles. The number of halogens is 4. The third kappa shape index (κ3) is 66.7. The van der Waals surface area contributed by atoms with Crippen LogP contribution in [0.2, 0.25) is 0 Å². The zero-order valence-corrected chi connectivity index (χ0v) is 8.42. The van der Waals surface area contributed by atoms with Crippen LogP contribution in [0, 0.1) is 5.41 Å². The minimum atomic E-state index is -6.00. The Kier molecular flexibility index (Phi) is 6.22. The van der Waals surface area contributed by atoms with Crippen LogP contribution in [0.5, 0.6) is 0 Å². The Hall–Kier alpha value is 0.215. The van der Waals surface area contributed by atoms with Gasteiger partial charge in [0.1, 0.15) is 0 Å². The van der Waals surface area contributed by atoms with Crippen molar-refractivity contribution in [1.82, 2.24) is 0 Å². The van der Waals surface area contributed by atoms with Gasteiger partial charge in [0.05, 0.1) is 6.16 Å². The molecule has 1 atom stereocenters. The first-order valence-corrected chi connectivity index (χ1v) is 4.23. The fourth-order valence-electron chi connectivity index (χ4n) is 0. The van der Waals surface area contributed by atoms with E-state index in [4.69, 9.17) is 0 Å². The van der Waals surface area contributed by atoms with Gasteiger partial charge in [-0.1, -0.05) is 20.8 Å². The van der Waals surface area contributed by atoms with E-state index in [9.17, 15) is 17.3 Å². The molecule has 70 valence electrons. The molecule has 0 aromatic carbocycles. The predicted octanol–water partition coefficient (Wildman–Crippen LogP) is 2.94. The first-order valence-electron chi connectivity index (χ1n) is 3.23. The summed E-state index contributed by atoms with van der Waals surface area (Å²) in [5, 5.41) is 0. The molecular formula is C5H14BF4P. The average molecular weight is 192 g/mol. The Morgan fingerprint density at radius 2 is 1.18 bits per heavy atom. The lowest BCUT2D eigenvalue weighted by Gasteiger charge is -2.08. The number of hydrogen-bond donors (Lipinski definition) is 0. The third-order valence-corrected chi connectivity index (χ3v) is 2.25. The molecule has 1 unspecified atom stereocenters. The van der Waals surface area contributed by atoms with E-state index in [0.29, 0.717) is 5.41 Å². The lowest BCUT2D eigenvalue weighted by molar-refractivity contribution is 0.368. The fraction of sp³-hybridized carbons (Fsp3) is 1.00. The van der Waals surface area contributed by atoms with Gasteiger partial charge >= 0.3 is 7.25 Å². The Balaban J connectivity index is 0.